The molecule has 16 heteroatoms. The van der Waals surface area contributed by atoms with Gasteiger partial charge in [0.15, 0.2) is 0 Å². The van der Waals surface area contributed by atoms with E-state index >= 15 is 0 Å². The Morgan fingerprint density at radius 3 is 2.68 bits per heavy atom. The molecule has 206 valence electrons. The lowest BCUT2D eigenvalue weighted by atomic mass is 10.1. The molecular weight excluding hydrogens is 551 g/mol. The van der Waals surface area contributed by atoms with E-state index in [0.29, 0.717) is 38.1 Å². The maximum Gasteiger partial charge on any atom is 0.329 e. The van der Waals surface area contributed by atoms with E-state index in [4.69, 9.17) is 21.6 Å². The number of ether oxygens (including phenoxy) is 1. The molecule has 0 unspecified atom stereocenters. The van der Waals surface area contributed by atoms with Gasteiger partial charge in [0.1, 0.15) is 10.8 Å². The number of morpholine rings is 1. The number of halogens is 4. The molecule has 0 radical (unpaired) electrons. The summed E-state index contributed by atoms with van der Waals surface area (Å²) in [6.45, 7) is -1.69. The van der Waals surface area contributed by atoms with Crippen LogP contribution in [-0.2, 0) is 14.9 Å². The minimum atomic E-state index is -4.83. The van der Waals surface area contributed by atoms with Gasteiger partial charge in [-0.1, -0.05) is 11.6 Å². The first kappa shape index (κ1) is 28.1. The first-order valence-corrected chi connectivity index (χ1v) is 13.5. The lowest BCUT2D eigenvalue weighted by molar-refractivity contribution is 0.0806. The van der Waals surface area contributed by atoms with Crippen LogP contribution in [0.1, 0.15) is 24.4 Å². The van der Waals surface area contributed by atoms with E-state index in [1.807, 2.05) is 0 Å². The fourth-order valence-electron chi connectivity index (χ4n) is 4.34. The van der Waals surface area contributed by atoms with Crippen molar-refractivity contribution in [2.24, 2.45) is 0 Å². The van der Waals surface area contributed by atoms with E-state index in [2.05, 4.69) is 15.7 Å². The standard InChI is InChI=1S/C22H25ClF3N7O4S/c23-20-18(29-11-15-13-37-8-5-28-15)12-30-32(21(20)34)16-3-6-31(7-4-16)38(35,36)33(22(25)26)19-2-1-14(10-27)9-17(19)24/h1-2,9,12,15-16,22,28-29H,3-8,11,13H2/t15-/m0/s1. The van der Waals surface area contributed by atoms with Crippen molar-refractivity contribution in [3.05, 3.63) is 51.2 Å². The molecular formula is C22H25ClF3N7O4S. The van der Waals surface area contributed by atoms with Crippen LogP contribution < -0.4 is 20.5 Å². The number of aromatic nitrogens is 2. The Bertz CT molecular complexity index is 1360. The van der Waals surface area contributed by atoms with Crippen molar-refractivity contribution in [3.63, 3.8) is 0 Å². The molecule has 0 spiro atoms. The summed E-state index contributed by atoms with van der Waals surface area (Å²) >= 11 is 6.28. The van der Waals surface area contributed by atoms with Crippen LogP contribution in [0.4, 0.5) is 24.5 Å². The molecule has 3 heterocycles. The van der Waals surface area contributed by atoms with Gasteiger partial charge < -0.3 is 15.4 Å². The normalized spacial score (nSPS) is 19.3. The highest BCUT2D eigenvalue weighted by Gasteiger charge is 2.39. The van der Waals surface area contributed by atoms with Crippen molar-refractivity contribution in [3.8, 4) is 6.07 Å². The van der Waals surface area contributed by atoms with E-state index in [0.717, 1.165) is 21.1 Å². The number of rotatable bonds is 8. The summed E-state index contributed by atoms with van der Waals surface area (Å²) in [6, 6.07) is 3.73. The van der Waals surface area contributed by atoms with Crippen molar-refractivity contribution in [2.75, 3.05) is 49.0 Å². The van der Waals surface area contributed by atoms with E-state index < -0.39 is 39.9 Å². The van der Waals surface area contributed by atoms with E-state index in [-0.39, 0.29) is 46.9 Å². The molecule has 2 aliphatic rings. The molecule has 0 bridgehead atoms. The molecule has 2 aromatic rings. The van der Waals surface area contributed by atoms with Crippen LogP contribution in [-0.4, -0.2) is 74.5 Å². The number of hydrogen-bond acceptors (Lipinski definition) is 8. The molecule has 1 aromatic carbocycles. The fraction of sp³-hybridized carbons (Fsp3) is 0.500. The molecule has 4 rings (SSSR count). The molecule has 2 aliphatic heterocycles. The first-order valence-electron chi connectivity index (χ1n) is 11.7. The number of nitrogens with zero attached hydrogens (tertiary/aromatic N) is 5. The van der Waals surface area contributed by atoms with Crippen molar-refractivity contribution in [1.82, 2.24) is 19.4 Å². The average Bonchev–Trinajstić information content (AvgIpc) is 2.91. The van der Waals surface area contributed by atoms with Gasteiger partial charge in [-0.2, -0.15) is 36.2 Å². The van der Waals surface area contributed by atoms with Gasteiger partial charge in [0.2, 0.25) is 0 Å². The van der Waals surface area contributed by atoms with E-state index in [1.54, 1.807) is 6.07 Å². The third kappa shape index (κ3) is 5.89. The Morgan fingerprint density at radius 1 is 1.34 bits per heavy atom. The molecule has 2 fully saturated rings. The van der Waals surface area contributed by atoms with Crippen LogP contribution in [0.5, 0.6) is 0 Å². The maximum atomic E-state index is 14.4. The molecule has 2 N–H and O–H groups in total. The van der Waals surface area contributed by atoms with Crippen molar-refractivity contribution in [2.45, 2.75) is 31.5 Å². The Kier molecular flexibility index (Phi) is 8.78. The van der Waals surface area contributed by atoms with Gasteiger partial charge in [-0.25, -0.2) is 9.07 Å². The van der Waals surface area contributed by atoms with Gasteiger partial charge in [-0.3, -0.25) is 4.79 Å². The number of nitriles is 1. The SMILES string of the molecule is N#Cc1ccc(N(C(F)F)S(=O)(=O)N2CCC(n3ncc(NC[C@H]4COCCN4)c(Cl)c3=O)CC2)c(F)c1. The van der Waals surface area contributed by atoms with Crippen LogP contribution >= 0.6 is 11.6 Å². The number of hydrogen-bond donors (Lipinski definition) is 2. The van der Waals surface area contributed by atoms with E-state index in [9.17, 15) is 26.4 Å². The van der Waals surface area contributed by atoms with Crippen LogP contribution in [0.25, 0.3) is 0 Å². The number of benzene rings is 1. The zero-order chi connectivity index (χ0) is 27.4. The van der Waals surface area contributed by atoms with Crippen molar-refractivity contribution >= 4 is 33.2 Å². The largest absolute Gasteiger partial charge is 0.381 e. The van der Waals surface area contributed by atoms with Crippen LogP contribution in [0.2, 0.25) is 5.02 Å². The second-order valence-corrected chi connectivity index (χ2v) is 10.9. The summed E-state index contributed by atoms with van der Waals surface area (Å²) in [5, 5.41) is 19.3. The van der Waals surface area contributed by atoms with Gasteiger partial charge in [0.25, 0.3) is 5.56 Å². The zero-order valence-electron chi connectivity index (χ0n) is 20.0. The molecule has 2 saturated heterocycles. The third-order valence-corrected chi connectivity index (χ3v) is 8.55. The summed E-state index contributed by atoms with van der Waals surface area (Å²) in [6.07, 6.45) is 1.58. The molecule has 1 atom stereocenters. The molecule has 1 aromatic heterocycles. The predicted molar refractivity (Wildman–Crippen MR) is 133 cm³/mol. The molecule has 0 aliphatic carbocycles. The average molecular weight is 576 g/mol. The predicted octanol–water partition coefficient (Wildman–Crippen LogP) is 1.92. The Labute approximate surface area is 221 Å². The Morgan fingerprint density at radius 2 is 2.08 bits per heavy atom. The smallest absolute Gasteiger partial charge is 0.329 e. The summed E-state index contributed by atoms with van der Waals surface area (Å²) < 4.78 is 75.3. The summed E-state index contributed by atoms with van der Waals surface area (Å²) in [5.41, 5.74) is -1.24. The second-order valence-electron chi connectivity index (χ2n) is 8.72. The number of anilines is 2. The van der Waals surface area contributed by atoms with Crippen molar-refractivity contribution < 1.29 is 26.3 Å². The summed E-state index contributed by atoms with van der Waals surface area (Å²) in [4.78, 5) is 12.9. The maximum absolute atomic E-state index is 14.4. The number of alkyl halides is 2. The number of piperidine rings is 1. The topological polar surface area (TPSA) is 133 Å². The molecule has 11 nitrogen and oxygen atoms in total. The molecule has 0 amide bonds. The van der Waals surface area contributed by atoms with E-state index in [1.165, 1.54) is 6.20 Å². The van der Waals surface area contributed by atoms with Gasteiger partial charge in [-0.05, 0) is 31.0 Å². The summed E-state index contributed by atoms with van der Waals surface area (Å²) in [7, 11) is -4.83. The highest BCUT2D eigenvalue weighted by molar-refractivity contribution is 7.90. The fourth-order valence-corrected chi connectivity index (χ4v) is 6.06. The molecule has 0 saturated carbocycles. The highest BCUT2D eigenvalue weighted by Crippen LogP contribution is 2.31. The Hall–Kier alpha value is -2.90. The minimum absolute atomic E-state index is 0.0408. The van der Waals surface area contributed by atoms with Crippen molar-refractivity contribution in [1.29, 1.82) is 5.26 Å². The van der Waals surface area contributed by atoms with Crippen LogP contribution in [0.15, 0.2) is 29.2 Å². The van der Waals surface area contributed by atoms with Gasteiger partial charge in [0, 0.05) is 32.2 Å². The lowest BCUT2D eigenvalue weighted by Gasteiger charge is -2.35. The number of nitrogens with one attached hydrogen (secondary N) is 2. The van der Waals surface area contributed by atoms with Gasteiger partial charge in [0.05, 0.1) is 48.5 Å². The van der Waals surface area contributed by atoms with Crippen LogP contribution in [0.3, 0.4) is 0 Å². The second kappa shape index (κ2) is 11.9. The van der Waals surface area contributed by atoms with Crippen LogP contribution in [0, 0.1) is 17.1 Å². The van der Waals surface area contributed by atoms with Gasteiger partial charge >= 0.3 is 16.8 Å². The first-order chi connectivity index (χ1) is 18.1. The quantitative estimate of drug-likeness (QED) is 0.456. The Balaban J connectivity index is 1.45. The highest BCUT2D eigenvalue weighted by atomic mass is 35.5. The monoisotopic (exact) mass is 575 g/mol. The zero-order valence-corrected chi connectivity index (χ0v) is 21.6. The summed E-state index contributed by atoms with van der Waals surface area (Å²) in [5.74, 6) is -1.27. The third-order valence-electron chi connectivity index (χ3n) is 6.32. The minimum Gasteiger partial charge on any atom is -0.381 e. The van der Waals surface area contributed by atoms with Gasteiger partial charge in [-0.15, -0.1) is 0 Å². The molecule has 38 heavy (non-hydrogen) atoms. The lowest BCUT2D eigenvalue weighted by Crippen LogP contribution is -2.50.